The van der Waals surface area contributed by atoms with E-state index in [1.165, 1.54) is 19.3 Å². The van der Waals surface area contributed by atoms with E-state index in [2.05, 4.69) is 10.6 Å². The van der Waals surface area contributed by atoms with Crippen molar-refractivity contribution >= 4 is 17.5 Å². The second-order valence-corrected chi connectivity index (χ2v) is 9.33. The van der Waals surface area contributed by atoms with Crippen molar-refractivity contribution < 1.29 is 19.2 Å². The van der Waals surface area contributed by atoms with Crippen molar-refractivity contribution in [2.45, 2.75) is 44.1 Å². The molecule has 28 heavy (non-hydrogen) atoms. The lowest BCUT2D eigenvalue weighted by molar-refractivity contribution is -0.862. The first-order valence-electron chi connectivity index (χ1n) is 10.5. The van der Waals surface area contributed by atoms with Gasteiger partial charge in [-0.1, -0.05) is 0 Å². The number of rotatable bonds is 7. The molecule has 6 heteroatoms. The van der Waals surface area contributed by atoms with Gasteiger partial charge < -0.3 is 20.3 Å². The molecule has 4 saturated carbocycles. The van der Waals surface area contributed by atoms with Gasteiger partial charge in [0.25, 0.3) is 11.8 Å². The monoisotopic (exact) mass is 386 g/mol. The predicted octanol–water partition coefficient (Wildman–Crippen LogP) is 1.23. The number of carbonyl (C=O) groups is 2. The fourth-order valence-electron chi connectivity index (χ4n) is 6.09. The standard InChI is InChI=1S/C22H31N3O3/c1-25(13-20(26)23-18-3-5-19(28-2)6-4-18)14-21(27)24-22-10-15-7-16(11-22)9-17(8-15)12-22/h3-6,15-17H,7-14H2,1-2H3,(H,23,26)(H,24,27)/p+1. The average molecular weight is 387 g/mol. The van der Waals surface area contributed by atoms with Crippen molar-refractivity contribution in [3.05, 3.63) is 24.3 Å². The van der Waals surface area contributed by atoms with E-state index in [9.17, 15) is 9.59 Å². The number of hydrogen-bond acceptors (Lipinski definition) is 3. The van der Waals surface area contributed by atoms with Crippen LogP contribution in [0, 0.1) is 17.8 Å². The van der Waals surface area contributed by atoms with Crippen LogP contribution in [0.3, 0.4) is 0 Å². The first kappa shape index (κ1) is 19.2. The summed E-state index contributed by atoms with van der Waals surface area (Å²) in [5.41, 5.74) is 0.772. The molecule has 6 nitrogen and oxygen atoms in total. The molecule has 0 saturated heterocycles. The molecule has 0 spiro atoms. The topological polar surface area (TPSA) is 71.9 Å². The molecule has 5 rings (SSSR count). The van der Waals surface area contributed by atoms with E-state index in [0.29, 0.717) is 6.54 Å². The van der Waals surface area contributed by atoms with Crippen LogP contribution in [0.15, 0.2) is 24.3 Å². The summed E-state index contributed by atoms with van der Waals surface area (Å²) < 4.78 is 5.12. The summed E-state index contributed by atoms with van der Waals surface area (Å²) in [6.07, 6.45) is 7.56. The zero-order valence-electron chi connectivity index (χ0n) is 16.9. The highest BCUT2D eigenvalue weighted by Crippen LogP contribution is 2.55. The highest BCUT2D eigenvalue weighted by atomic mass is 16.5. The molecule has 0 heterocycles. The molecule has 4 bridgehead atoms. The van der Waals surface area contributed by atoms with Crippen molar-refractivity contribution in [2.24, 2.45) is 17.8 Å². The van der Waals surface area contributed by atoms with Gasteiger partial charge in [0.2, 0.25) is 0 Å². The van der Waals surface area contributed by atoms with E-state index >= 15 is 0 Å². The Morgan fingerprint density at radius 3 is 2.07 bits per heavy atom. The molecule has 0 aliphatic heterocycles. The summed E-state index contributed by atoms with van der Waals surface area (Å²) in [4.78, 5) is 25.8. The van der Waals surface area contributed by atoms with E-state index in [1.807, 2.05) is 31.3 Å². The Hall–Kier alpha value is -2.08. The Morgan fingerprint density at radius 1 is 1.00 bits per heavy atom. The molecule has 1 atom stereocenters. The van der Waals surface area contributed by atoms with Crippen LogP contribution in [0.4, 0.5) is 5.69 Å². The van der Waals surface area contributed by atoms with E-state index in [0.717, 1.165) is 53.4 Å². The highest BCUT2D eigenvalue weighted by molar-refractivity contribution is 5.91. The van der Waals surface area contributed by atoms with Crippen molar-refractivity contribution in [1.29, 1.82) is 0 Å². The number of carbonyl (C=O) groups excluding carboxylic acids is 2. The Morgan fingerprint density at radius 2 is 1.54 bits per heavy atom. The number of benzene rings is 1. The predicted molar refractivity (Wildman–Crippen MR) is 107 cm³/mol. The minimum atomic E-state index is -0.0923. The molecule has 1 aromatic rings. The van der Waals surface area contributed by atoms with Crippen LogP contribution in [0.2, 0.25) is 0 Å². The normalized spacial score (nSPS) is 31.3. The average Bonchev–Trinajstić information content (AvgIpc) is 2.60. The SMILES string of the molecule is COc1ccc(NC(=O)C[NH+](C)CC(=O)NC23CC4CC(CC(C4)C2)C3)cc1. The lowest BCUT2D eigenvalue weighted by Crippen LogP contribution is -3.11. The third-order valence-electron chi connectivity index (χ3n) is 6.74. The third kappa shape index (κ3) is 4.32. The highest BCUT2D eigenvalue weighted by Gasteiger charge is 2.51. The molecule has 4 aliphatic rings. The lowest BCUT2D eigenvalue weighted by Gasteiger charge is -2.56. The summed E-state index contributed by atoms with van der Waals surface area (Å²) in [6, 6.07) is 7.24. The fraction of sp³-hybridized carbons (Fsp3) is 0.636. The Labute approximate surface area is 167 Å². The summed E-state index contributed by atoms with van der Waals surface area (Å²) in [7, 11) is 3.51. The number of nitrogens with one attached hydrogen (secondary N) is 3. The van der Waals surface area contributed by atoms with E-state index in [1.54, 1.807) is 7.11 Å². The van der Waals surface area contributed by atoms with Gasteiger partial charge in [0.15, 0.2) is 13.1 Å². The minimum Gasteiger partial charge on any atom is -0.497 e. The molecule has 4 aliphatic carbocycles. The van der Waals surface area contributed by atoms with Crippen molar-refractivity contribution in [3.63, 3.8) is 0 Å². The van der Waals surface area contributed by atoms with Crippen LogP contribution >= 0.6 is 0 Å². The van der Waals surface area contributed by atoms with Gasteiger partial charge in [-0.25, -0.2) is 0 Å². The Balaban J connectivity index is 1.24. The third-order valence-corrected chi connectivity index (χ3v) is 6.74. The van der Waals surface area contributed by atoms with Gasteiger partial charge in [0.1, 0.15) is 5.75 Å². The van der Waals surface area contributed by atoms with Crippen LogP contribution < -0.4 is 20.3 Å². The second-order valence-electron chi connectivity index (χ2n) is 9.33. The number of quaternary nitrogens is 1. The number of anilines is 1. The molecule has 2 amide bonds. The van der Waals surface area contributed by atoms with Gasteiger partial charge in [0.05, 0.1) is 14.2 Å². The lowest BCUT2D eigenvalue weighted by atomic mass is 9.53. The zero-order valence-corrected chi connectivity index (χ0v) is 16.9. The molecule has 0 radical (unpaired) electrons. The summed E-state index contributed by atoms with van der Waals surface area (Å²) in [6.45, 7) is 0.595. The van der Waals surface area contributed by atoms with Crippen LogP contribution in [0.25, 0.3) is 0 Å². The maximum Gasteiger partial charge on any atom is 0.279 e. The Bertz CT molecular complexity index is 696. The van der Waals surface area contributed by atoms with Crippen molar-refractivity contribution in [1.82, 2.24) is 5.32 Å². The van der Waals surface area contributed by atoms with Gasteiger partial charge in [-0.15, -0.1) is 0 Å². The van der Waals surface area contributed by atoms with Crippen LogP contribution in [-0.2, 0) is 9.59 Å². The number of ether oxygens (including phenoxy) is 1. The second kappa shape index (κ2) is 7.74. The van der Waals surface area contributed by atoms with E-state index in [-0.39, 0.29) is 23.9 Å². The van der Waals surface area contributed by atoms with Gasteiger partial charge in [0, 0.05) is 11.2 Å². The van der Waals surface area contributed by atoms with E-state index < -0.39 is 0 Å². The number of amides is 2. The molecule has 1 unspecified atom stereocenters. The van der Waals surface area contributed by atoms with Crippen LogP contribution in [-0.4, -0.2) is 44.6 Å². The van der Waals surface area contributed by atoms with Crippen molar-refractivity contribution in [2.75, 3.05) is 32.6 Å². The maximum atomic E-state index is 12.7. The summed E-state index contributed by atoms with van der Waals surface area (Å²) >= 11 is 0. The molecular weight excluding hydrogens is 354 g/mol. The molecule has 152 valence electrons. The first-order valence-corrected chi connectivity index (χ1v) is 10.5. The number of methoxy groups -OCH3 is 1. The number of hydrogen-bond donors (Lipinski definition) is 3. The Kier molecular flexibility index (Phi) is 5.32. The number of likely N-dealkylation sites (N-methyl/N-ethyl adjacent to an activating group) is 1. The van der Waals surface area contributed by atoms with Crippen molar-refractivity contribution in [3.8, 4) is 5.75 Å². The summed E-state index contributed by atoms with van der Waals surface area (Å²) in [5.74, 6) is 3.18. The van der Waals surface area contributed by atoms with Gasteiger partial charge in [-0.2, -0.15) is 0 Å². The molecule has 1 aromatic carbocycles. The first-order chi connectivity index (χ1) is 13.4. The smallest absolute Gasteiger partial charge is 0.279 e. The van der Waals surface area contributed by atoms with Gasteiger partial charge in [-0.3, -0.25) is 9.59 Å². The largest absolute Gasteiger partial charge is 0.497 e. The molecular formula is C22H32N3O3+. The maximum absolute atomic E-state index is 12.7. The summed E-state index contributed by atoms with van der Waals surface area (Å²) in [5, 5.41) is 6.26. The molecule has 4 fully saturated rings. The molecule has 0 aromatic heterocycles. The molecule has 3 N–H and O–H groups in total. The van der Waals surface area contributed by atoms with Crippen LogP contribution in [0.5, 0.6) is 5.75 Å². The minimum absolute atomic E-state index is 0.0392. The zero-order chi connectivity index (χ0) is 19.7. The quantitative estimate of drug-likeness (QED) is 0.660. The van der Waals surface area contributed by atoms with Gasteiger partial charge >= 0.3 is 0 Å². The van der Waals surface area contributed by atoms with E-state index in [4.69, 9.17) is 4.74 Å². The fourth-order valence-corrected chi connectivity index (χ4v) is 6.09. The van der Waals surface area contributed by atoms with Crippen LogP contribution in [0.1, 0.15) is 38.5 Å². The van der Waals surface area contributed by atoms with Gasteiger partial charge in [-0.05, 0) is 80.5 Å².